The molecule has 0 aliphatic rings. The smallest absolute Gasteiger partial charge is 0.128 e. The lowest BCUT2D eigenvalue weighted by Gasteiger charge is -2.20. The largest absolute Gasteiger partial charge is 0.383 e. The van der Waals surface area contributed by atoms with Gasteiger partial charge in [-0.25, -0.2) is 4.98 Å². The lowest BCUT2D eigenvalue weighted by molar-refractivity contribution is 0.167. The SMILES string of the molecule is CCNC(COC)c1c(C)ccnc1N. The average molecular weight is 209 g/mol. The highest BCUT2D eigenvalue weighted by Gasteiger charge is 2.15. The third-order valence-electron chi connectivity index (χ3n) is 2.37. The first kappa shape index (κ1) is 11.9. The van der Waals surface area contributed by atoms with E-state index in [1.54, 1.807) is 13.3 Å². The van der Waals surface area contributed by atoms with E-state index in [1.165, 1.54) is 0 Å². The van der Waals surface area contributed by atoms with Crippen LogP contribution < -0.4 is 11.1 Å². The number of nitrogens with two attached hydrogens (primary N) is 1. The number of anilines is 1. The summed E-state index contributed by atoms with van der Waals surface area (Å²) in [4.78, 5) is 4.11. The van der Waals surface area contributed by atoms with E-state index >= 15 is 0 Å². The van der Waals surface area contributed by atoms with Crippen LogP contribution in [-0.4, -0.2) is 25.2 Å². The summed E-state index contributed by atoms with van der Waals surface area (Å²) in [5.41, 5.74) is 8.06. The van der Waals surface area contributed by atoms with Gasteiger partial charge in [-0.1, -0.05) is 6.92 Å². The van der Waals surface area contributed by atoms with E-state index in [-0.39, 0.29) is 6.04 Å². The molecule has 0 aliphatic heterocycles. The van der Waals surface area contributed by atoms with Crippen LogP contribution in [0.4, 0.5) is 5.82 Å². The Labute approximate surface area is 90.8 Å². The van der Waals surface area contributed by atoms with Crippen LogP contribution in [0.25, 0.3) is 0 Å². The van der Waals surface area contributed by atoms with Gasteiger partial charge in [-0.2, -0.15) is 0 Å². The highest BCUT2D eigenvalue weighted by Crippen LogP contribution is 2.22. The van der Waals surface area contributed by atoms with Crippen molar-refractivity contribution < 1.29 is 4.74 Å². The lowest BCUT2D eigenvalue weighted by Crippen LogP contribution is -2.26. The minimum atomic E-state index is 0.119. The second-order valence-electron chi connectivity index (χ2n) is 3.49. The minimum Gasteiger partial charge on any atom is -0.383 e. The summed E-state index contributed by atoms with van der Waals surface area (Å²) in [7, 11) is 1.69. The summed E-state index contributed by atoms with van der Waals surface area (Å²) in [5.74, 6) is 0.581. The maximum Gasteiger partial charge on any atom is 0.128 e. The van der Waals surface area contributed by atoms with Crippen molar-refractivity contribution in [2.75, 3.05) is 26.0 Å². The van der Waals surface area contributed by atoms with Crippen molar-refractivity contribution >= 4 is 5.82 Å². The summed E-state index contributed by atoms with van der Waals surface area (Å²) in [6.45, 7) is 5.57. The van der Waals surface area contributed by atoms with Gasteiger partial charge in [0.25, 0.3) is 0 Å². The summed E-state index contributed by atoms with van der Waals surface area (Å²) in [6.07, 6.45) is 1.73. The molecule has 0 fully saturated rings. The number of hydrogen-bond acceptors (Lipinski definition) is 4. The molecule has 0 amide bonds. The summed E-state index contributed by atoms with van der Waals surface area (Å²) < 4.78 is 5.18. The van der Waals surface area contributed by atoms with E-state index < -0.39 is 0 Å². The van der Waals surface area contributed by atoms with Crippen LogP contribution in [0, 0.1) is 6.92 Å². The zero-order valence-electron chi connectivity index (χ0n) is 9.58. The maximum absolute atomic E-state index is 5.88. The quantitative estimate of drug-likeness (QED) is 0.766. The monoisotopic (exact) mass is 209 g/mol. The zero-order chi connectivity index (χ0) is 11.3. The fourth-order valence-corrected chi connectivity index (χ4v) is 1.70. The number of nitrogen functional groups attached to an aromatic ring is 1. The van der Waals surface area contributed by atoms with Crippen molar-refractivity contribution in [3.8, 4) is 0 Å². The van der Waals surface area contributed by atoms with Crippen LogP contribution in [0.5, 0.6) is 0 Å². The molecule has 0 saturated heterocycles. The molecule has 0 saturated carbocycles. The number of nitrogens with zero attached hydrogens (tertiary/aromatic N) is 1. The molecule has 4 nitrogen and oxygen atoms in total. The molecule has 1 aromatic heterocycles. The van der Waals surface area contributed by atoms with Crippen molar-refractivity contribution in [1.82, 2.24) is 10.3 Å². The van der Waals surface area contributed by atoms with Crippen molar-refractivity contribution in [1.29, 1.82) is 0 Å². The first-order valence-electron chi connectivity index (χ1n) is 5.14. The molecular formula is C11H19N3O. The Balaban J connectivity index is 2.98. The second kappa shape index (κ2) is 5.68. The number of pyridine rings is 1. The van der Waals surface area contributed by atoms with Gasteiger partial charge in [-0.05, 0) is 25.1 Å². The average Bonchev–Trinajstić information content (AvgIpc) is 2.18. The van der Waals surface area contributed by atoms with Crippen molar-refractivity contribution in [2.24, 2.45) is 0 Å². The molecule has 3 N–H and O–H groups in total. The standard InChI is InChI=1S/C11H19N3O/c1-4-13-9(7-15-3)10-8(2)5-6-14-11(10)12/h5-6,9,13H,4,7H2,1-3H3,(H2,12,14). The van der Waals surface area contributed by atoms with Crippen LogP contribution in [0.2, 0.25) is 0 Å². The van der Waals surface area contributed by atoms with E-state index in [0.717, 1.165) is 17.7 Å². The van der Waals surface area contributed by atoms with Crippen LogP contribution >= 0.6 is 0 Å². The van der Waals surface area contributed by atoms with Crippen LogP contribution in [0.3, 0.4) is 0 Å². The maximum atomic E-state index is 5.88. The first-order chi connectivity index (χ1) is 7.20. The summed E-state index contributed by atoms with van der Waals surface area (Å²) >= 11 is 0. The second-order valence-corrected chi connectivity index (χ2v) is 3.49. The van der Waals surface area contributed by atoms with E-state index in [1.807, 2.05) is 13.0 Å². The van der Waals surface area contributed by atoms with Gasteiger partial charge in [-0.15, -0.1) is 0 Å². The number of hydrogen-bond donors (Lipinski definition) is 2. The number of methoxy groups -OCH3 is 1. The normalized spacial score (nSPS) is 12.7. The Bertz CT molecular complexity index is 288. The van der Waals surface area contributed by atoms with Gasteiger partial charge in [0.2, 0.25) is 0 Å². The molecule has 0 aromatic carbocycles. The molecule has 15 heavy (non-hydrogen) atoms. The fourth-order valence-electron chi connectivity index (χ4n) is 1.70. The molecule has 1 aromatic rings. The molecule has 0 bridgehead atoms. The predicted molar refractivity (Wildman–Crippen MR) is 61.7 cm³/mol. The number of ether oxygens (including phenoxy) is 1. The van der Waals surface area contributed by atoms with Crippen LogP contribution in [0.15, 0.2) is 12.3 Å². The number of rotatable bonds is 5. The van der Waals surface area contributed by atoms with Crippen molar-refractivity contribution in [2.45, 2.75) is 19.9 Å². The molecule has 0 aliphatic carbocycles. The summed E-state index contributed by atoms with van der Waals surface area (Å²) in [5, 5.41) is 3.34. The fraction of sp³-hybridized carbons (Fsp3) is 0.545. The van der Waals surface area contributed by atoms with Gasteiger partial charge in [0.1, 0.15) is 5.82 Å². The number of aromatic nitrogens is 1. The third-order valence-corrected chi connectivity index (χ3v) is 2.37. The molecule has 1 unspecified atom stereocenters. The molecule has 1 heterocycles. The van der Waals surface area contributed by atoms with Crippen LogP contribution in [-0.2, 0) is 4.74 Å². The topological polar surface area (TPSA) is 60.2 Å². The van der Waals surface area contributed by atoms with Crippen molar-refractivity contribution in [3.63, 3.8) is 0 Å². The van der Waals surface area contributed by atoms with Gasteiger partial charge in [0, 0.05) is 18.9 Å². The van der Waals surface area contributed by atoms with Gasteiger partial charge >= 0.3 is 0 Å². The van der Waals surface area contributed by atoms with E-state index in [2.05, 4.69) is 17.2 Å². The van der Waals surface area contributed by atoms with Gasteiger partial charge in [0.15, 0.2) is 0 Å². The minimum absolute atomic E-state index is 0.119. The molecule has 4 heteroatoms. The Hall–Kier alpha value is -1.13. The van der Waals surface area contributed by atoms with E-state index in [0.29, 0.717) is 12.4 Å². The Morgan fingerprint density at radius 2 is 2.33 bits per heavy atom. The number of aryl methyl sites for hydroxylation is 1. The molecule has 1 atom stereocenters. The predicted octanol–water partition coefficient (Wildman–Crippen LogP) is 1.27. The molecule has 84 valence electrons. The third kappa shape index (κ3) is 2.91. The highest BCUT2D eigenvalue weighted by atomic mass is 16.5. The van der Waals surface area contributed by atoms with Crippen LogP contribution in [0.1, 0.15) is 24.1 Å². The molecular weight excluding hydrogens is 190 g/mol. The van der Waals surface area contributed by atoms with Gasteiger partial charge in [0.05, 0.1) is 12.6 Å². The number of nitrogens with one attached hydrogen (secondary N) is 1. The Morgan fingerprint density at radius 1 is 1.60 bits per heavy atom. The number of likely N-dealkylation sites (N-methyl/N-ethyl adjacent to an activating group) is 1. The Morgan fingerprint density at radius 3 is 2.87 bits per heavy atom. The molecule has 0 spiro atoms. The Kier molecular flexibility index (Phi) is 4.52. The molecule has 0 radical (unpaired) electrons. The summed E-state index contributed by atoms with van der Waals surface area (Å²) in [6, 6.07) is 2.08. The zero-order valence-corrected chi connectivity index (χ0v) is 9.58. The van der Waals surface area contributed by atoms with Crippen molar-refractivity contribution in [3.05, 3.63) is 23.4 Å². The van der Waals surface area contributed by atoms with Gasteiger partial charge < -0.3 is 15.8 Å². The molecule has 1 rings (SSSR count). The van der Waals surface area contributed by atoms with Gasteiger partial charge in [-0.3, -0.25) is 0 Å². The first-order valence-corrected chi connectivity index (χ1v) is 5.14. The highest BCUT2D eigenvalue weighted by molar-refractivity contribution is 5.46. The lowest BCUT2D eigenvalue weighted by atomic mass is 10.0. The van der Waals surface area contributed by atoms with E-state index in [9.17, 15) is 0 Å². The van der Waals surface area contributed by atoms with E-state index in [4.69, 9.17) is 10.5 Å².